The van der Waals surface area contributed by atoms with Crippen LogP contribution in [0.15, 0.2) is 21.8 Å². The molecule has 0 amide bonds. The second-order valence-electron chi connectivity index (χ2n) is 6.26. The van der Waals surface area contributed by atoms with Gasteiger partial charge in [-0.2, -0.15) is 0 Å². The van der Waals surface area contributed by atoms with Gasteiger partial charge in [0.15, 0.2) is 0 Å². The van der Waals surface area contributed by atoms with Crippen molar-refractivity contribution in [3.8, 4) is 0 Å². The van der Waals surface area contributed by atoms with Crippen LogP contribution in [0.2, 0.25) is 5.02 Å². The highest BCUT2D eigenvalue weighted by Gasteiger charge is 2.33. The smallest absolute Gasteiger partial charge is 0.277 e. The summed E-state index contributed by atoms with van der Waals surface area (Å²) in [4.78, 5) is 26.5. The van der Waals surface area contributed by atoms with Crippen molar-refractivity contribution in [1.82, 2.24) is 9.78 Å². The van der Waals surface area contributed by atoms with Gasteiger partial charge in [0.1, 0.15) is 5.56 Å². The van der Waals surface area contributed by atoms with Gasteiger partial charge in [-0.25, -0.2) is 0 Å². The first-order chi connectivity index (χ1) is 12.0. The number of carbonyl (C=O) groups is 1. The second-order valence-corrected chi connectivity index (χ2v) is 7.77. The van der Waals surface area contributed by atoms with Gasteiger partial charge in [0.2, 0.25) is 5.78 Å². The third-order valence-corrected chi connectivity index (χ3v) is 6.04. The van der Waals surface area contributed by atoms with Crippen molar-refractivity contribution in [1.29, 1.82) is 0 Å². The molecule has 1 aliphatic rings. The summed E-state index contributed by atoms with van der Waals surface area (Å²) in [5, 5.41) is 3.66. The summed E-state index contributed by atoms with van der Waals surface area (Å²) in [6.45, 7) is 2.48. The van der Waals surface area contributed by atoms with Crippen molar-refractivity contribution >= 4 is 29.1 Å². The van der Waals surface area contributed by atoms with Gasteiger partial charge in [0, 0.05) is 36.3 Å². The fraction of sp³-hybridized carbons (Fsp3) is 0.444. The molecule has 1 saturated carbocycles. The van der Waals surface area contributed by atoms with Crippen LogP contribution in [0.25, 0.3) is 0 Å². The number of methoxy groups -OCH3 is 1. The number of rotatable bonds is 7. The highest BCUT2D eigenvalue weighted by molar-refractivity contribution is 7.99. The van der Waals surface area contributed by atoms with Crippen molar-refractivity contribution in [2.24, 2.45) is 7.05 Å². The number of nitrogens with one attached hydrogen (secondary N) is 1. The molecule has 1 aliphatic carbocycles. The van der Waals surface area contributed by atoms with E-state index in [9.17, 15) is 9.59 Å². The number of ether oxygens (including phenoxy) is 1. The van der Waals surface area contributed by atoms with Crippen molar-refractivity contribution in [3.63, 3.8) is 0 Å². The van der Waals surface area contributed by atoms with Gasteiger partial charge in [-0.05, 0) is 37.5 Å². The molecule has 1 aromatic carbocycles. The van der Waals surface area contributed by atoms with Gasteiger partial charge in [0.05, 0.1) is 17.3 Å². The molecule has 0 atom stereocenters. The molecule has 3 rings (SSSR count). The molecule has 0 spiro atoms. The SMILES string of the molecule is COCCSc1c(Cl)ccc(C(=O)c2c(C3CC3)[nH]n(C)c2=O)c1C. The summed E-state index contributed by atoms with van der Waals surface area (Å²) in [5.74, 6) is 0.802. The van der Waals surface area contributed by atoms with Crippen LogP contribution in [0.4, 0.5) is 0 Å². The molecule has 1 aromatic heterocycles. The van der Waals surface area contributed by atoms with Crippen LogP contribution in [0.5, 0.6) is 0 Å². The minimum absolute atomic E-state index is 0.230. The molecule has 134 valence electrons. The van der Waals surface area contributed by atoms with Crippen molar-refractivity contribution in [2.45, 2.75) is 30.6 Å². The predicted octanol–water partition coefficient (Wildman–Crippen LogP) is 3.52. The molecule has 7 heteroatoms. The summed E-state index contributed by atoms with van der Waals surface area (Å²) >= 11 is 7.87. The average molecular weight is 381 g/mol. The molecule has 1 fully saturated rings. The van der Waals surface area contributed by atoms with Gasteiger partial charge in [0.25, 0.3) is 5.56 Å². The Morgan fingerprint density at radius 3 is 2.80 bits per heavy atom. The van der Waals surface area contributed by atoms with Gasteiger partial charge in [-0.3, -0.25) is 19.4 Å². The molecule has 0 bridgehead atoms. The van der Waals surface area contributed by atoms with Gasteiger partial charge in [-0.15, -0.1) is 11.8 Å². The van der Waals surface area contributed by atoms with Crippen LogP contribution in [0.1, 0.15) is 45.9 Å². The Labute approximate surface area is 155 Å². The Morgan fingerprint density at radius 1 is 1.44 bits per heavy atom. The van der Waals surface area contributed by atoms with E-state index in [-0.39, 0.29) is 22.8 Å². The van der Waals surface area contributed by atoms with E-state index in [1.54, 1.807) is 38.1 Å². The number of ketones is 1. The monoisotopic (exact) mass is 380 g/mol. The summed E-state index contributed by atoms with van der Waals surface area (Å²) < 4.78 is 6.47. The summed E-state index contributed by atoms with van der Waals surface area (Å²) in [6.07, 6.45) is 2.02. The van der Waals surface area contributed by atoms with Crippen LogP contribution in [-0.4, -0.2) is 35.0 Å². The predicted molar refractivity (Wildman–Crippen MR) is 100 cm³/mol. The normalized spacial score (nSPS) is 14.1. The third-order valence-electron chi connectivity index (χ3n) is 4.42. The molecule has 1 heterocycles. The third kappa shape index (κ3) is 3.57. The van der Waals surface area contributed by atoms with Gasteiger partial charge < -0.3 is 4.74 Å². The first kappa shape index (κ1) is 18.3. The maximum Gasteiger partial charge on any atom is 0.277 e. The number of thioether (sulfide) groups is 1. The number of aromatic amines is 1. The molecular weight excluding hydrogens is 360 g/mol. The minimum atomic E-state index is -0.269. The zero-order valence-corrected chi connectivity index (χ0v) is 16.1. The first-order valence-electron chi connectivity index (χ1n) is 8.20. The number of halogens is 1. The number of H-pyrrole nitrogens is 1. The Kier molecular flexibility index (Phi) is 5.41. The maximum atomic E-state index is 13.1. The van der Waals surface area contributed by atoms with Gasteiger partial charge in [-0.1, -0.05) is 11.6 Å². The number of aromatic nitrogens is 2. The lowest BCUT2D eigenvalue weighted by Gasteiger charge is -2.12. The summed E-state index contributed by atoms with van der Waals surface area (Å²) in [6, 6.07) is 3.44. The lowest BCUT2D eigenvalue weighted by molar-refractivity contribution is 0.103. The minimum Gasteiger partial charge on any atom is -0.384 e. The first-order valence-corrected chi connectivity index (χ1v) is 9.56. The Morgan fingerprint density at radius 2 is 2.16 bits per heavy atom. The van der Waals surface area contributed by atoms with Crippen LogP contribution in [0.3, 0.4) is 0 Å². The van der Waals surface area contributed by atoms with E-state index < -0.39 is 0 Å². The molecule has 0 radical (unpaired) electrons. The zero-order valence-electron chi connectivity index (χ0n) is 14.5. The fourth-order valence-corrected chi connectivity index (χ4v) is 4.26. The standard InChI is InChI=1S/C18H21ClN2O3S/c1-10-12(6-7-13(19)17(10)25-9-8-24-3)16(22)14-15(11-4-5-11)20-21(2)18(14)23/h6-7,11,20H,4-5,8-9H2,1-3H3. The van der Waals surface area contributed by atoms with E-state index in [2.05, 4.69) is 5.10 Å². The van der Waals surface area contributed by atoms with E-state index in [1.807, 2.05) is 6.92 Å². The van der Waals surface area contributed by atoms with E-state index in [1.165, 1.54) is 4.68 Å². The molecule has 0 aliphatic heterocycles. The highest BCUT2D eigenvalue weighted by atomic mass is 35.5. The summed E-state index contributed by atoms with van der Waals surface area (Å²) in [5.41, 5.74) is 2.10. The molecular formula is C18H21ClN2O3S. The Hall–Kier alpha value is -1.50. The van der Waals surface area contributed by atoms with Crippen molar-refractivity contribution < 1.29 is 9.53 Å². The lowest BCUT2D eigenvalue weighted by Crippen LogP contribution is -2.20. The number of hydrogen-bond acceptors (Lipinski definition) is 4. The number of benzene rings is 1. The number of hydrogen-bond donors (Lipinski definition) is 1. The Balaban J connectivity index is 2.01. The van der Waals surface area contributed by atoms with Crippen molar-refractivity contribution in [3.05, 3.63) is 49.9 Å². The van der Waals surface area contributed by atoms with Gasteiger partial charge >= 0.3 is 0 Å². The molecule has 25 heavy (non-hydrogen) atoms. The molecule has 0 unspecified atom stereocenters. The second kappa shape index (κ2) is 7.40. The number of nitrogens with zero attached hydrogens (tertiary/aromatic N) is 1. The Bertz CT molecular complexity index is 868. The van der Waals surface area contributed by atoms with E-state index in [0.29, 0.717) is 17.2 Å². The van der Waals surface area contributed by atoms with Crippen LogP contribution >= 0.6 is 23.4 Å². The molecule has 0 saturated heterocycles. The number of aryl methyl sites for hydroxylation is 1. The highest BCUT2D eigenvalue weighted by Crippen LogP contribution is 2.41. The van der Waals surface area contributed by atoms with Crippen molar-refractivity contribution in [2.75, 3.05) is 19.5 Å². The molecule has 1 N–H and O–H groups in total. The topological polar surface area (TPSA) is 64.1 Å². The van der Waals surface area contributed by atoms with E-state index in [0.717, 1.165) is 34.7 Å². The van der Waals surface area contributed by atoms with Crippen LogP contribution in [0, 0.1) is 6.92 Å². The van der Waals surface area contributed by atoms with E-state index >= 15 is 0 Å². The van der Waals surface area contributed by atoms with Crippen LogP contribution in [-0.2, 0) is 11.8 Å². The number of carbonyl (C=O) groups excluding carboxylic acids is 1. The zero-order chi connectivity index (χ0) is 18.1. The maximum absolute atomic E-state index is 13.1. The van der Waals surface area contributed by atoms with Crippen LogP contribution < -0.4 is 5.56 Å². The van der Waals surface area contributed by atoms with E-state index in [4.69, 9.17) is 16.3 Å². The molecule has 5 nitrogen and oxygen atoms in total. The largest absolute Gasteiger partial charge is 0.384 e. The molecule has 2 aromatic rings. The fourth-order valence-electron chi connectivity index (χ4n) is 2.90. The lowest BCUT2D eigenvalue weighted by atomic mass is 9.98. The average Bonchev–Trinajstić information content (AvgIpc) is 3.37. The quantitative estimate of drug-likeness (QED) is 0.453. The summed E-state index contributed by atoms with van der Waals surface area (Å²) in [7, 11) is 3.29.